The van der Waals surface area contributed by atoms with E-state index in [-0.39, 0.29) is 5.91 Å². The molecule has 4 rings (SSSR count). The van der Waals surface area contributed by atoms with Crippen LogP contribution in [0.4, 0.5) is 16.5 Å². The molecule has 1 aliphatic rings. The lowest BCUT2D eigenvalue weighted by atomic mass is 10.0. The first kappa shape index (κ1) is 20.4. The molecule has 0 atom stereocenters. The first-order valence-electron chi connectivity index (χ1n) is 10.5. The Bertz CT molecular complexity index is 978. The highest BCUT2D eigenvalue weighted by molar-refractivity contribution is 7.14. The number of methoxy groups -OCH3 is 1. The summed E-state index contributed by atoms with van der Waals surface area (Å²) in [4.78, 5) is 16.9. The first-order chi connectivity index (χ1) is 14.7. The second-order valence-corrected chi connectivity index (χ2v) is 8.57. The van der Waals surface area contributed by atoms with Crippen molar-refractivity contribution >= 4 is 33.8 Å². The lowest BCUT2D eigenvalue weighted by molar-refractivity contribution is -0.116. The van der Waals surface area contributed by atoms with Crippen molar-refractivity contribution in [3.05, 3.63) is 53.9 Å². The van der Waals surface area contributed by atoms with Gasteiger partial charge in [-0.3, -0.25) is 4.79 Å². The summed E-state index contributed by atoms with van der Waals surface area (Å²) in [7, 11) is 1.66. The van der Waals surface area contributed by atoms with Crippen molar-refractivity contribution in [1.29, 1.82) is 0 Å². The van der Waals surface area contributed by atoms with Gasteiger partial charge >= 0.3 is 0 Å². The summed E-state index contributed by atoms with van der Waals surface area (Å²) in [5, 5.41) is 9.17. The van der Waals surface area contributed by atoms with Gasteiger partial charge in [0.25, 0.3) is 0 Å². The normalized spacial score (nSPS) is 13.9. The zero-order valence-corrected chi connectivity index (χ0v) is 18.0. The zero-order valence-electron chi connectivity index (χ0n) is 17.2. The number of nitrogens with zero attached hydrogens (tertiary/aromatic N) is 1. The van der Waals surface area contributed by atoms with E-state index in [1.807, 2.05) is 53.9 Å². The highest BCUT2D eigenvalue weighted by Crippen LogP contribution is 2.30. The van der Waals surface area contributed by atoms with E-state index in [4.69, 9.17) is 4.74 Å². The fourth-order valence-electron chi connectivity index (χ4n) is 3.87. The van der Waals surface area contributed by atoms with Crippen molar-refractivity contribution in [2.75, 3.05) is 17.7 Å². The van der Waals surface area contributed by atoms with Crippen molar-refractivity contribution in [2.24, 2.45) is 5.92 Å². The van der Waals surface area contributed by atoms with E-state index in [2.05, 4.69) is 15.6 Å². The molecule has 0 spiro atoms. The molecule has 1 heterocycles. The summed E-state index contributed by atoms with van der Waals surface area (Å²) < 4.78 is 5.26. The van der Waals surface area contributed by atoms with Crippen LogP contribution < -0.4 is 15.4 Å². The van der Waals surface area contributed by atoms with Crippen LogP contribution in [0.3, 0.4) is 0 Å². The van der Waals surface area contributed by atoms with Gasteiger partial charge in [-0.1, -0.05) is 43.9 Å². The van der Waals surface area contributed by atoms with Crippen LogP contribution in [0.25, 0.3) is 11.3 Å². The van der Waals surface area contributed by atoms with E-state index in [1.165, 1.54) is 25.7 Å². The predicted molar refractivity (Wildman–Crippen MR) is 124 cm³/mol. The van der Waals surface area contributed by atoms with Crippen LogP contribution in [0.5, 0.6) is 5.75 Å². The van der Waals surface area contributed by atoms with E-state index < -0.39 is 0 Å². The smallest absolute Gasteiger partial charge is 0.224 e. The lowest BCUT2D eigenvalue weighted by Gasteiger charge is -2.09. The number of thiazole rings is 1. The van der Waals surface area contributed by atoms with Crippen molar-refractivity contribution in [2.45, 2.75) is 38.5 Å². The van der Waals surface area contributed by atoms with Gasteiger partial charge in [0, 0.05) is 34.8 Å². The Kier molecular flexibility index (Phi) is 6.64. The molecule has 1 saturated carbocycles. The van der Waals surface area contributed by atoms with Gasteiger partial charge < -0.3 is 15.4 Å². The van der Waals surface area contributed by atoms with Crippen LogP contribution in [0, 0.1) is 5.92 Å². The molecule has 0 aliphatic heterocycles. The number of aromatic nitrogens is 1. The van der Waals surface area contributed by atoms with Crippen molar-refractivity contribution in [3.8, 4) is 17.0 Å². The summed E-state index contributed by atoms with van der Waals surface area (Å²) in [6, 6.07) is 15.6. The number of ether oxygens (including phenoxy) is 1. The molecule has 3 aromatic rings. The molecule has 1 aliphatic carbocycles. The van der Waals surface area contributed by atoms with Gasteiger partial charge in [-0.2, -0.15) is 0 Å². The van der Waals surface area contributed by atoms with E-state index in [1.54, 1.807) is 18.4 Å². The molecule has 6 heteroatoms. The van der Waals surface area contributed by atoms with Gasteiger partial charge in [-0.25, -0.2) is 4.98 Å². The molecule has 1 amide bonds. The Hall–Kier alpha value is -2.86. The van der Waals surface area contributed by atoms with Crippen LogP contribution in [0.2, 0.25) is 0 Å². The minimum atomic E-state index is 0.105. The van der Waals surface area contributed by atoms with Gasteiger partial charge in [0.05, 0.1) is 12.8 Å². The largest absolute Gasteiger partial charge is 0.497 e. The molecule has 156 valence electrons. The third-order valence-corrected chi connectivity index (χ3v) is 6.30. The van der Waals surface area contributed by atoms with E-state index in [9.17, 15) is 4.79 Å². The average molecular weight is 422 g/mol. The molecule has 30 heavy (non-hydrogen) atoms. The number of benzene rings is 2. The number of nitrogens with one attached hydrogen (secondary N) is 2. The van der Waals surface area contributed by atoms with Gasteiger partial charge in [0.15, 0.2) is 5.13 Å². The quantitative estimate of drug-likeness (QED) is 0.437. The number of hydrogen-bond donors (Lipinski definition) is 2. The Morgan fingerprint density at radius 3 is 2.70 bits per heavy atom. The van der Waals surface area contributed by atoms with Gasteiger partial charge in [0.1, 0.15) is 5.75 Å². The predicted octanol–water partition coefficient (Wildman–Crippen LogP) is 6.47. The van der Waals surface area contributed by atoms with Crippen LogP contribution >= 0.6 is 11.3 Å². The summed E-state index contributed by atoms with van der Waals surface area (Å²) in [5.41, 5.74) is 3.70. The van der Waals surface area contributed by atoms with Gasteiger partial charge in [-0.05, 0) is 36.6 Å². The zero-order chi connectivity index (χ0) is 20.8. The molecule has 5 nitrogen and oxygen atoms in total. The van der Waals surface area contributed by atoms with Gasteiger partial charge in [-0.15, -0.1) is 11.3 Å². The lowest BCUT2D eigenvalue weighted by Crippen LogP contribution is -2.12. The van der Waals surface area contributed by atoms with Crippen molar-refractivity contribution < 1.29 is 9.53 Å². The molecule has 0 unspecified atom stereocenters. The summed E-state index contributed by atoms with van der Waals surface area (Å²) in [6.45, 7) is 0. The molecule has 1 fully saturated rings. The van der Waals surface area contributed by atoms with Crippen molar-refractivity contribution in [3.63, 3.8) is 0 Å². The fourth-order valence-corrected chi connectivity index (χ4v) is 4.61. The Balaban J connectivity index is 1.33. The average Bonchev–Trinajstić information content (AvgIpc) is 3.45. The van der Waals surface area contributed by atoms with Gasteiger partial charge in [0.2, 0.25) is 5.91 Å². The molecule has 0 saturated heterocycles. The fraction of sp³-hybridized carbons (Fsp3) is 0.333. The molecule has 0 bridgehead atoms. The Morgan fingerprint density at radius 2 is 1.93 bits per heavy atom. The first-order valence-corrected chi connectivity index (χ1v) is 11.3. The Labute approximate surface area is 181 Å². The van der Waals surface area contributed by atoms with Crippen LogP contribution in [-0.2, 0) is 4.79 Å². The van der Waals surface area contributed by atoms with Crippen LogP contribution in [0.1, 0.15) is 38.5 Å². The molecule has 2 aromatic carbocycles. The number of amides is 1. The maximum atomic E-state index is 12.2. The third-order valence-electron chi connectivity index (χ3n) is 5.54. The summed E-state index contributed by atoms with van der Waals surface area (Å²) in [6.07, 6.45) is 6.82. The second-order valence-electron chi connectivity index (χ2n) is 7.71. The summed E-state index contributed by atoms with van der Waals surface area (Å²) in [5.74, 6) is 1.65. The second kappa shape index (κ2) is 9.76. The number of hydrogen-bond acceptors (Lipinski definition) is 5. The minimum absolute atomic E-state index is 0.105. The van der Waals surface area contributed by atoms with E-state index in [0.29, 0.717) is 6.42 Å². The topological polar surface area (TPSA) is 63.2 Å². The number of carbonyl (C=O) groups excluding carboxylic acids is 1. The molecule has 0 radical (unpaired) electrons. The molecular weight excluding hydrogens is 394 g/mol. The number of rotatable bonds is 8. The maximum Gasteiger partial charge on any atom is 0.224 e. The Morgan fingerprint density at radius 1 is 1.13 bits per heavy atom. The maximum absolute atomic E-state index is 12.2. The van der Waals surface area contributed by atoms with Crippen molar-refractivity contribution in [1.82, 2.24) is 4.98 Å². The van der Waals surface area contributed by atoms with Crippen LogP contribution in [-0.4, -0.2) is 18.0 Å². The molecule has 2 N–H and O–H groups in total. The standard InChI is InChI=1S/C24H27N3O2S/c1-29-21-8-4-7-20(15-21)26-24-27-22(16-30-24)18-10-12-19(13-11-18)25-23(28)14-9-17-5-2-3-6-17/h4,7-8,10-13,15-17H,2-3,5-6,9,14H2,1H3,(H,25,28)(H,26,27). The molecular formula is C24H27N3O2S. The highest BCUT2D eigenvalue weighted by atomic mass is 32.1. The third kappa shape index (κ3) is 5.39. The minimum Gasteiger partial charge on any atom is -0.497 e. The van der Waals surface area contributed by atoms with E-state index >= 15 is 0 Å². The van der Waals surface area contributed by atoms with E-state index in [0.717, 1.165) is 45.9 Å². The monoisotopic (exact) mass is 421 g/mol. The SMILES string of the molecule is COc1cccc(Nc2nc(-c3ccc(NC(=O)CCC4CCCC4)cc3)cs2)c1. The highest BCUT2D eigenvalue weighted by Gasteiger charge is 2.16. The number of carbonyl (C=O) groups is 1. The van der Waals surface area contributed by atoms with Crippen LogP contribution in [0.15, 0.2) is 53.9 Å². The summed E-state index contributed by atoms with van der Waals surface area (Å²) >= 11 is 1.55. The number of anilines is 3. The molecule has 1 aromatic heterocycles.